The van der Waals surface area contributed by atoms with Crippen molar-refractivity contribution < 1.29 is 19.2 Å². The smallest absolute Gasteiger partial charge is 0.269 e. The molecule has 33 heavy (non-hydrogen) atoms. The molecule has 0 bridgehead atoms. The number of nitrogens with one attached hydrogen (secondary N) is 1. The van der Waals surface area contributed by atoms with Crippen molar-refractivity contribution in [1.29, 1.82) is 0 Å². The van der Waals surface area contributed by atoms with Crippen molar-refractivity contribution in [3.8, 4) is 11.5 Å². The highest BCUT2D eigenvalue weighted by atomic mass is 16.6. The Bertz CT molecular complexity index is 1110. The molecule has 0 spiro atoms. The molecule has 3 rings (SSSR count). The van der Waals surface area contributed by atoms with Gasteiger partial charge in [0.2, 0.25) is 0 Å². The summed E-state index contributed by atoms with van der Waals surface area (Å²) in [6, 6.07) is 19.2. The summed E-state index contributed by atoms with van der Waals surface area (Å²) in [7, 11) is 0. The molecule has 1 N–H and O–H groups in total. The summed E-state index contributed by atoms with van der Waals surface area (Å²) < 4.78 is 11.7. The van der Waals surface area contributed by atoms with Gasteiger partial charge in [0.25, 0.3) is 11.6 Å². The van der Waals surface area contributed by atoms with Crippen LogP contribution in [0.15, 0.2) is 66.7 Å². The molecule has 0 atom stereocenters. The molecule has 0 aliphatic carbocycles. The number of rotatable bonds is 10. The van der Waals surface area contributed by atoms with Crippen LogP contribution in [0.4, 0.5) is 5.69 Å². The van der Waals surface area contributed by atoms with E-state index in [0.29, 0.717) is 30.4 Å². The van der Waals surface area contributed by atoms with Gasteiger partial charge in [0.15, 0.2) is 0 Å². The molecule has 0 heterocycles. The summed E-state index contributed by atoms with van der Waals surface area (Å²) in [5.41, 5.74) is 3.46. The van der Waals surface area contributed by atoms with Crippen molar-refractivity contribution >= 4 is 11.6 Å². The molecule has 7 nitrogen and oxygen atoms in total. The molecule has 3 aromatic rings. The number of aryl methyl sites for hydroxylation is 1. The first-order chi connectivity index (χ1) is 15.8. The van der Waals surface area contributed by atoms with E-state index >= 15 is 0 Å². The fourth-order valence-electron chi connectivity index (χ4n) is 3.32. The first kappa shape index (κ1) is 23.8. The number of benzene rings is 3. The van der Waals surface area contributed by atoms with E-state index in [4.69, 9.17) is 9.47 Å². The Labute approximate surface area is 193 Å². The van der Waals surface area contributed by atoms with E-state index in [2.05, 4.69) is 31.3 Å². The van der Waals surface area contributed by atoms with Crippen LogP contribution in [-0.2, 0) is 6.61 Å². The summed E-state index contributed by atoms with van der Waals surface area (Å²) in [5.74, 6) is 1.36. The molecule has 1 amide bonds. The summed E-state index contributed by atoms with van der Waals surface area (Å²) in [6.07, 6.45) is 0. The third-order valence-corrected chi connectivity index (χ3v) is 5.11. The van der Waals surface area contributed by atoms with Gasteiger partial charge in [0, 0.05) is 12.1 Å². The number of para-hydroxylation sites is 1. The van der Waals surface area contributed by atoms with Crippen molar-refractivity contribution in [3.05, 3.63) is 99.1 Å². The lowest BCUT2D eigenvalue weighted by atomic mass is 10.0. The van der Waals surface area contributed by atoms with Gasteiger partial charge < -0.3 is 14.8 Å². The standard InChI is InChI=1S/C26H28N2O5/c1-18(2)22-13-8-19(3)16-25(22)32-15-14-27-26(29)23-6-4-5-7-24(23)33-17-20-9-11-21(12-10-20)28(30)31/h4-13,16,18H,14-15,17H2,1-3H3,(H,27,29). The first-order valence-electron chi connectivity index (χ1n) is 10.8. The van der Waals surface area contributed by atoms with Crippen molar-refractivity contribution in [2.75, 3.05) is 13.2 Å². The number of ether oxygens (including phenoxy) is 2. The Morgan fingerprint density at radius 2 is 1.73 bits per heavy atom. The van der Waals surface area contributed by atoms with E-state index in [1.165, 1.54) is 12.1 Å². The lowest BCUT2D eigenvalue weighted by Gasteiger charge is -2.15. The fraction of sp³-hybridized carbons (Fsp3) is 0.269. The van der Waals surface area contributed by atoms with Gasteiger partial charge in [-0.2, -0.15) is 0 Å². The van der Waals surface area contributed by atoms with Gasteiger partial charge >= 0.3 is 0 Å². The van der Waals surface area contributed by atoms with E-state index in [0.717, 1.165) is 22.4 Å². The van der Waals surface area contributed by atoms with E-state index in [9.17, 15) is 14.9 Å². The number of carbonyl (C=O) groups excluding carboxylic acids is 1. The molecule has 7 heteroatoms. The maximum atomic E-state index is 12.7. The molecule has 0 fully saturated rings. The highest BCUT2D eigenvalue weighted by Crippen LogP contribution is 2.27. The summed E-state index contributed by atoms with van der Waals surface area (Å²) in [4.78, 5) is 23.0. The van der Waals surface area contributed by atoms with Gasteiger partial charge in [-0.3, -0.25) is 14.9 Å². The van der Waals surface area contributed by atoms with E-state index < -0.39 is 4.92 Å². The molecule has 0 aromatic heterocycles. The number of hydrogen-bond acceptors (Lipinski definition) is 5. The molecule has 172 valence electrons. The van der Waals surface area contributed by atoms with Crippen LogP contribution >= 0.6 is 0 Å². The number of nitro groups is 1. The van der Waals surface area contributed by atoms with Crippen LogP contribution in [0.5, 0.6) is 11.5 Å². The van der Waals surface area contributed by atoms with Crippen LogP contribution in [0, 0.1) is 17.0 Å². The highest BCUT2D eigenvalue weighted by Gasteiger charge is 2.13. The second-order valence-corrected chi connectivity index (χ2v) is 8.01. The largest absolute Gasteiger partial charge is 0.491 e. The monoisotopic (exact) mass is 448 g/mol. The van der Waals surface area contributed by atoms with Crippen LogP contribution in [0.1, 0.15) is 46.8 Å². The Kier molecular flexibility index (Phi) is 8.02. The lowest BCUT2D eigenvalue weighted by molar-refractivity contribution is -0.384. The minimum absolute atomic E-state index is 0.0203. The second-order valence-electron chi connectivity index (χ2n) is 8.01. The number of nitro benzene ring substituents is 1. The Balaban J connectivity index is 1.56. The molecule has 0 unspecified atom stereocenters. The SMILES string of the molecule is Cc1ccc(C(C)C)c(OCCNC(=O)c2ccccc2OCc2ccc([N+](=O)[O-])cc2)c1. The van der Waals surface area contributed by atoms with Crippen LogP contribution in [0.2, 0.25) is 0 Å². The fourth-order valence-corrected chi connectivity index (χ4v) is 3.32. The Morgan fingerprint density at radius 3 is 2.42 bits per heavy atom. The molecule has 0 saturated carbocycles. The predicted octanol–water partition coefficient (Wildman–Crippen LogP) is 5.41. The van der Waals surface area contributed by atoms with Crippen molar-refractivity contribution in [1.82, 2.24) is 5.32 Å². The van der Waals surface area contributed by atoms with E-state index in [1.807, 2.05) is 13.0 Å². The number of carbonyl (C=O) groups is 1. The number of nitrogens with zero attached hydrogens (tertiary/aromatic N) is 1. The molecule has 0 saturated heterocycles. The highest BCUT2D eigenvalue weighted by molar-refractivity contribution is 5.96. The van der Waals surface area contributed by atoms with Crippen molar-refractivity contribution in [3.63, 3.8) is 0 Å². The summed E-state index contributed by atoms with van der Waals surface area (Å²) in [5, 5.41) is 13.7. The molecule has 0 radical (unpaired) electrons. The third kappa shape index (κ3) is 6.55. The van der Waals surface area contributed by atoms with Gasteiger partial charge in [-0.15, -0.1) is 0 Å². The summed E-state index contributed by atoms with van der Waals surface area (Å²) in [6.45, 7) is 7.14. The average molecular weight is 449 g/mol. The van der Waals surface area contributed by atoms with Crippen LogP contribution in [0.25, 0.3) is 0 Å². The molecular formula is C26H28N2O5. The zero-order valence-corrected chi connectivity index (χ0v) is 19.0. The number of hydrogen-bond donors (Lipinski definition) is 1. The predicted molar refractivity (Wildman–Crippen MR) is 127 cm³/mol. The quantitative estimate of drug-likeness (QED) is 0.254. The Morgan fingerprint density at radius 1 is 1.00 bits per heavy atom. The first-order valence-corrected chi connectivity index (χ1v) is 10.8. The lowest BCUT2D eigenvalue weighted by Crippen LogP contribution is -2.28. The second kappa shape index (κ2) is 11.1. The van der Waals surface area contributed by atoms with Crippen molar-refractivity contribution in [2.24, 2.45) is 0 Å². The van der Waals surface area contributed by atoms with Gasteiger partial charge in [-0.1, -0.05) is 38.1 Å². The number of amides is 1. The topological polar surface area (TPSA) is 90.7 Å². The van der Waals surface area contributed by atoms with Crippen molar-refractivity contribution in [2.45, 2.75) is 33.3 Å². The molecule has 3 aromatic carbocycles. The zero-order chi connectivity index (χ0) is 23.8. The average Bonchev–Trinajstić information content (AvgIpc) is 2.80. The minimum atomic E-state index is -0.448. The van der Waals surface area contributed by atoms with E-state index in [-0.39, 0.29) is 18.2 Å². The van der Waals surface area contributed by atoms with E-state index in [1.54, 1.807) is 36.4 Å². The van der Waals surface area contributed by atoms with Crippen LogP contribution in [0.3, 0.4) is 0 Å². The summed E-state index contributed by atoms with van der Waals surface area (Å²) >= 11 is 0. The van der Waals surface area contributed by atoms with Gasteiger partial charge in [-0.25, -0.2) is 0 Å². The van der Waals surface area contributed by atoms with Gasteiger partial charge in [0.1, 0.15) is 24.7 Å². The normalized spacial score (nSPS) is 10.7. The van der Waals surface area contributed by atoms with Crippen LogP contribution in [-0.4, -0.2) is 24.0 Å². The molecular weight excluding hydrogens is 420 g/mol. The molecule has 0 aliphatic heterocycles. The van der Waals surface area contributed by atoms with Crippen LogP contribution < -0.4 is 14.8 Å². The minimum Gasteiger partial charge on any atom is -0.491 e. The Hall–Kier alpha value is -3.87. The maximum Gasteiger partial charge on any atom is 0.269 e. The maximum absolute atomic E-state index is 12.7. The van der Waals surface area contributed by atoms with Gasteiger partial charge in [-0.05, 0) is 59.9 Å². The van der Waals surface area contributed by atoms with Gasteiger partial charge in [0.05, 0.1) is 17.0 Å². The zero-order valence-electron chi connectivity index (χ0n) is 19.0. The molecule has 0 aliphatic rings. The third-order valence-electron chi connectivity index (χ3n) is 5.11. The number of non-ortho nitro benzene ring substituents is 1.